The molecule has 2 N–H and O–H groups in total. The van der Waals surface area contributed by atoms with Crippen molar-refractivity contribution in [3.05, 3.63) is 0 Å². The van der Waals surface area contributed by atoms with Crippen LogP contribution < -0.4 is 10.6 Å². The molecule has 0 fully saturated rings. The highest BCUT2D eigenvalue weighted by atomic mass is 15.0. The summed E-state index contributed by atoms with van der Waals surface area (Å²) >= 11 is 0. The standard InChI is InChI=1S/C14H32N2/c1-4-6-7-8-9-10-11-15-12-13-16-14(3)5-2/h14-16H,4-13H2,1-3H3. The van der Waals surface area contributed by atoms with E-state index in [1.165, 1.54) is 51.5 Å². The molecular formula is C14H32N2. The van der Waals surface area contributed by atoms with Crippen LogP contribution in [-0.4, -0.2) is 25.7 Å². The maximum absolute atomic E-state index is 3.49. The van der Waals surface area contributed by atoms with E-state index >= 15 is 0 Å². The summed E-state index contributed by atoms with van der Waals surface area (Å²) in [5, 5.41) is 6.98. The molecule has 1 atom stereocenters. The Morgan fingerprint density at radius 1 is 0.812 bits per heavy atom. The fourth-order valence-electron chi connectivity index (χ4n) is 1.71. The Bertz CT molecular complexity index is 126. The van der Waals surface area contributed by atoms with Crippen molar-refractivity contribution in [3.8, 4) is 0 Å². The molecule has 0 aliphatic rings. The molecule has 0 saturated carbocycles. The van der Waals surface area contributed by atoms with Crippen LogP contribution in [-0.2, 0) is 0 Å². The first kappa shape index (κ1) is 15.9. The minimum atomic E-state index is 0.663. The average Bonchev–Trinajstić information content (AvgIpc) is 2.31. The molecule has 0 aliphatic heterocycles. The zero-order valence-electron chi connectivity index (χ0n) is 11.6. The molecule has 0 spiro atoms. The summed E-state index contributed by atoms with van der Waals surface area (Å²) in [7, 11) is 0. The van der Waals surface area contributed by atoms with E-state index in [2.05, 4.69) is 31.4 Å². The van der Waals surface area contributed by atoms with Gasteiger partial charge in [-0.3, -0.25) is 0 Å². The van der Waals surface area contributed by atoms with Crippen LogP contribution in [0.15, 0.2) is 0 Å². The second-order valence-electron chi connectivity index (χ2n) is 4.78. The highest BCUT2D eigenvalue weighted by Gasteiger charge is 1.95. The Morgan fingerprint density at radius 2 is 1.50 bits per heavy atom. The van der Waals surface area contributed by atoms with E-state index in [1.54, 1.807) is 0 Å². The first-order valence-electron chi connectivity index (χ1n) is 7.25. The molecule has 0 bridgehead atoms. The topological polar surface area (TPSA) is 24.1 Å². The zero-order chi connectivity index (χ0) is 12.1. The van der Waals surface area contributed by atoms with Crippen molar-refractivity contribution in [1.82, 2.24) is 10.6 Å². The molecule has 0 rings (SSSR count). The van der Waals surface area contributed by atoms with E-state index in [0.29, 0.717) is 6.04 Å². The van der Waals surface area contributed by atoms with Crippen LogP contribution in [0.1, 0.15) is 65.7 Å². The van der Waals surface area contributed by atoms with Gasteiger partial charge in [-0.25, -0.2) is 0 Å². The first-order valence-corrected chi connectivity index (χ1v) is 7.25. The Morgan fingerprint density at radius 3 is 2.19 bits per heavy atom. The first-order chi connectivity index (χ1) is 7.81. The Kier molecular flexibility index (Phi) is 12.9. The normalized spacial score (nSPS) is 12.9. The second kappa shape index (κ2) is 13.0. The Balaban J connectivity index is 2.93. The molecule has 0 heterocycles. The Hall–Kier alpha value is -0.0800. The Labute approximate surface area is 103 Å². The van der Waals surface area contributed by atoms with Crippen molar-refractivity contribution in [3.63, 3.8) is 0 Å². The number of nitrogens with one attached hydrogen (secondary N) is 2. The van der Waals surface area contributed by atoms with Crippen LogP contribution in [0.5, 0.6) is 0 Å². The summed E-state index contributed by atoms with van der Waals surface area (Å²) in [5.74, 6) is 0. The molecule has 2 nitrogen and oxygen atoms in total. The van der Waals surface area contributed by atoms with Gasteiger partial charge in [0.25, 0.3) is 0 Å². The molecular weight excluding hydrogens is 196 g/mol. The van der Waals surface area contributed by atoms with E-state index in [9.17, 15) is 0 Å². The summed E-state index contributed by atoms with van der Waals surface area (Å²) in [4.78, 5) is 0. The molecule has 0 amide bonds. The van der Waals surface area contributed by atoms with Crippen LogP contribution in [0.3, 0.4) is 0 Å². The van der Waals surface area contributed by atoms with Crippen molar-refractivity contribution in [1.29, 1.82) is 0 Å². The molecule has 98 valence electrons. The van der Waals surface area contributed by atoms with E-state index in [0.717, 1.165) is 13.1 Å². The molecule has 2 heteroatoms. The van der Waals surface area contributed by atoms with E-state index < -0.39 is 0 Å². The fraction of sp³-hybridized carbons (Fsp3) is 1.00. The molecule has 0 radical (unpaired) electrons. The summed E-state index contributed by atoms with van der Waals surface area (Å²) in [6.07, 6.45) is 9.55. The van der Waals surface area contributed by atoms with Crippen LogP contribution in [0, 0.1) is 0 Å². The quantitative estimate of drug-likeness (QED) is 0.501. The maximum Gasteiger partial charge on any atom is 0.00792 e. The summed E-state index contributed by atoms with van der Waals surface area (Å²) in [6, 6.07) is 0.663. The molecule has 0 aliphatic carbocycles. The van der Waals surface area contributed by atoms with Crippen LogP contribution in [0.4, 0.5) is 0 Å². The molecule has 0 aromatic heterocycles. The van der Waals surface area contributed by atoms with E-state index in [-0.39, 0.29) is 0 Å². The molecule has 0 saturated heterocycles. The van der Waals surface area contributed by atoms with Crippen LogP contribution in [0.2, 0.25) is 0 Å². The molecule has 1 unspecified atom stereocenters. The second-order valence-corrected chi connectivity index (χ2v) is 4.78. The lowest BCUT2D eigenvalue weighted by Gasteiger charge is -2.11. The van der Waals surface area contributed by atoms with Crippen LogP contribution in [0.25, 0.3) is 0 Å². The molecule has 0 aromatic rings. The van der Waals surface area contributed by atoms with Gasteiger partial charge < -0.3 is 10.6 Å². The zero-order valence-corrected chi connectivity index (χ0v) is 11.6. The van der Waals surface area contributed by atoms with Crippen molar-refractivity contribution < 1.29 is 0 Å². The fourth-order valence-corrected chi connectivity index (χ4v) is 1.71. The largest absolute Gasteiger partial charge is 0.315 e. The van der Waals surface area contributed by atoms with Gasteiger partial charge in [-0.15, -0.1) is 0 Å². The average molecular weight is 228 g/mol. The smallest absolute Gasteiger partial charge is 0.00792 e. The van der Waals surface area contributed by atoms with Gasteiger partial charge in [0.05, 0.1) is 0 Å². The van der Waals surface area contributed by atoms with Gasteiger partial charge in [0.15, 0.2) is 0 Å². The minimum Gasteiger partial charge on any atom is -0.315 e. The van der Waals surface area contributed by atoms with Gasteiger partial charge in [0.2, 0.25) is 0 Å². The SMILES string of the molecule is CCCCCCCCNCCNC(C)CC. The number of hydrogen-bond acceptors (Lipinski definition) is 2. The number of unbranched alkanes of at least 4 members (excludes halogenated alkanes) is 5. The van der Waals surface area contributed by atoms with Crippen LogP contribution >= 0.6 is 0 Å². The van der Waals surface area contributed by atoms with Gasteiger partial charge in [-0.1, -0.05) is 46.0 Å². The predicted molar refractivity (Wildman–Crippen MR) is 74.0 cm³/mol. The van der Waals surface area contributed by atoms with Crippen molar-refractivity contribution in [2.75, 3.05) is 19.6 Å². The monoisotopic (exact) mass is 228 g/mol. The summed E-state index contributed by atoms with van der Waals surface area (Å²) in [6.45, 7) is 10.1. The maximum atomic E-state index is 3.49. The predicted octanol–water partition coefficient (Wildman–Crippen LogP) is 3.32. The van der Waals surface area contributed by atoms with Crippen molar-refractivity contribution in [2.24, 2.45) is 0 Å². The third-order valence-electron chi connectivity index (χ3n) is 3.11. The number of rotatable bonds is 12. The third-order valence-corrected chi connectivity index (χ3v) is 3.11. The summed E-state index contributed by atoms with van der Waals surface area (Å²) < 4.78 is 0. The van der Waals surface area contributed by atoms with Crippen molar-refractivity contribution in [2.45, 2.75) is 71.8 Å². The van der Waals surface area contributed by atoms with E-state index in [4.69, 9.17) is 0 Å². The lowest BCUT2D eigenvalue weighted by Crippen LogP contribution is -2.33. The number of hydrogen-bond donors (Lipinski definition) is 2. The molecule has 16 heavy (non-hydrogen) atoms. The minimum absolute atomic E-state index is 0.663. The highest BCUT2D eigenvalue weighted by molar-refractivity contribution is 4.59. The van der Waals surface area contributed by atoms with E-state index in [1.807, 2.05) is 0 Å². The van der Waals surface area contributed by atoms with Gasteiger partial charge in [-0.2, -0.15) is 0 Å². The van der Waals surface area contributed by atoms with Gasteiger partial charge in [-0.05, 0) is 26.3 Å². The van der Waals surface area contributed by atoms with Gasteiger partial charge in [0, 0.05) is 19.1 Å². The van der Waals surface area contributed by atoms with Gasteiger partial charge in [0.1, 0.15) is 0 Å². The van der Waals surface area contributed by atoms with Gasteiger partial charge >= 0.3 is 0 Å². The summed E-state index contributed by atoms with van der Waals surface area (Å²) in [5.41, 5.74) is 0. The third kappa shape index (κ3) is 12.0. The lowest BCUT2D eigenvalue weighted by molar-refractivity contribution is 0.508. The highest BCUT2D eigenvalue weighted by Crippen LogP contribution is 2.03. The molecule has 0 aromatic carbocycles. The van der Waals surface area contributed by atoms with Crippen molar-refractivity contribution >= 4 is 0 Å². The lowest BCUT2D eigenvalue weighted by atomic mass is 10.1.